The van der Waals surface area contributed by atoms with E-state index >= 15 is 0 Å². The van der Waals surface area contributed by atoms with Gasteiger partial charge in [0.05, 0.1) is 11.5 Å². The number of amides is 1. The van der Waals surface area contributed by atoms with Crippen molar-refractivity contribution >= 4 is 27.5 Å². The van der Waals surface area contributed by atoms with Crippen LogP contribution in [-0.4, -0.2) is 13.0 Å². The van der Waals surface area contributed by atoms with Crippen molar-refractivity contribution in [2.45, 2.75) is 25.2 Å². The summed E-state index contributed by atoms with van der Waals surface area (Å²) in [5.41, 5.74) is 1.39. The highest BCUT2D eigenvalue weighted by Gasteiger charge is 2.45. The molecule has 1 amide bonds. The van der Waals surface area contributed by atoms with Crippen LogP contribution in [0.3, 0.4) is 0 Å². The summed E-state index contributed by atoms with van der Waals surface area (Å²) in [6.07, 6.45) is 0.957. The maximum absolute atomic E-state index is 12.3. The van der Waals surface area contributed by atoms with Gasteiger partial charge in [0.2, 0.25) is 5.91 Å². The number of carbonyl (C=O) groups is 1. The predicted octanol–water partition coefficient (Wildman–Crippen LogP) is 2.99. The quantitative estimate of drug-likeness (QED) is 0.841. The van der Waals surface area contributed by atoms with Crippen LogP contribution in [0.4, 0.5) is 5.69 Å². The highest BCUT2D eigenvalue weighted by Crippen LogP contribution is 2.44. The number of likely N-dealkylation sites (N-methyl/N-ethyl adjacent to an activating group) is 1. The fourth-order valence-corrected chi connectivity index (χ4v) is 2.75. The molecule has 17 heavy (non-hydrogen) atoms. The second-order valence-electron chi connectivity index (χ2n) is 4.52. The van der Waals surface area contributed by atoms with Crippen molar-refractivity contribution in [1.29, 1.82) is 5.26 Å². The standard InChI is InChI=1S/C13H13BrN2O/c1-13(6-3-7-15)10-8-9(14)4-5-11(10)16(2)12(13)17/h4-5,8H,3,6H2,1-2H3/t13-/m0/s1. The molecular weight excluding hydrogens is 280 g/mol. The molecule has 0 N–H and O–H groups in total. The Bertz CT molecular complexity index is 521. The van der Waals surface area contributed by atoms with Crippen LogP contribution in [0.15, 0.2) is 22.7 Å². The van der Waals surface area contributed by atoms with Crippen LogP contribution >= 0.6 is 15.9 Å². The van der Waals surface area contributed by atoms with E-state index in [9.17, 15) is 4.79 Å². The average molecular weight is 293 g/mol. The summed E-state index contributed by atoms with van der Waals surface area (Å²) in [6.45, 7) is 1.92. The lowest BCUT2D eigenvalue weighted by atomic mass is 9.80. The van der Waals surface area contributed by atoms with Gasteiger partial charge < -0.3 is 4.90 Å². The molecule has 3 nitrogen and oxygen atoms in total. The first-order valence-electron chi connectivity index (χ1n) is 5.46. The number of benzene rings is 1. The summed E-state index contributed by atoms with van der Waals surface area (Å²) in [5, 5.41) is 8.71. The van der Waals surface area contributed by atoms with Gasteiger partial charge in [0.1, 0.15) is 0 Å². The third-order valence-corrected chi connectivity index (χ3v) is 3.92. The number of hydrogen-bond acceptors (Lipinski definition) is 2. The molecule has 1 aromatic rings. The Labute approximate surface area is 109 Å². The Morgan fingerprint density at radius 3 is 2.88 bits per heavy atom. The van der Waals surface area contributed by atoms with Gasteiger partial charge >= 0.3 is 0 Å². The Morgan fingerprint density at radius 1 is 1.53 bits per heavy atom. The number of halogens is 1. The first-order chi connectivity index (χ1) is 8.00. The summed E-state index contributed by atoms with van der Waals surface area (Å²) in [4.78, 5) is 14.0. The zero-order valence-electron chi connectivity index (χ0n) is 9.83. The van der Waals surface area contributed by atoms with E-state index in [0.717, 1.165) is 15.7 Å². The first-order valence-corrected chi connectivity index (χ1v) is 6.25. The fraction of sp³-hybridized carbons (Fsp3) is 0.385. The number of carbonyl (C=O) groups excluding carboxylic acids is 1. The molecule has 0 saturated carbocycles. The number of hydrogen-bond donors (Lipinski definition) is 0. The molecule has 1 heterocycles. The average Bonchev–Trinajstić information content (AvgIpc) is 2.50. The van der Waals surface area contributed by atoms with E-state index in [4.69, 9.17) is 5.26 Å². The van der Waals surface area contributed by atoms with E-state index in [2.05, 4.69) is 22.0 Å². The first kappa shape index (κ1) is 12.1. The van der Waals surface area contributed by atoms with E-state index in [0.29, 0.717) is 12.8 Å². The minimum Gasteiger partial charge on any atom is -0.314 e. The lowest BCUT2D eigenvalue weighted by Gasteiger charge is -2.21. The second-order valence-corrected chi connectivity index (χ2v) is 5.43. The van der Waals surface area contributed by atoms with Crippen molar-refractivity contribution in [2.24, 2.45) is 0 Å². The molecule has 0 unspecified atom stereocenters. The van der Waals surface area contributed by atoms with Crippen molar-refractivity contribution in [2.75, 3.05) is 11.9 Å². The van der Waals surface area contributed by atoms with Crippen LogP contribution in [0.2, 0.25) is 0 Å². The minimum absolute atomic E-state index is 0.0702. The maximum atomic E-state index is 12.3. The Kier molecular flexibility index (Phi) is 2.96. The molecule has 1 aromatic carbocycles. The number of nitrogens with zero attached hydrogens (tertiary/aromatic N) is 2. The molecule has 1 aliphatic rings. The van der Waals surface area contributed by atoms with Gasteiger partial charge in [-0.15, -0.1) is 0 Å². The zero-order chi connectivity index (χ0) is 12.6. The molecule has 0 fully saturated rings. The van der Waals surface area contributed by atoms with Gasteiger partial charge in [0.25, 0.3) is 0 Å². The number of anilines is 1. The highest BCUT2D eigenvalue weighted by molar-refractivity contribution is 9.10. The van der Waals surface area contributed by atoms with E-state index in [1.54, 1.807) is 11.9 Å². The molecule has 4 heteroatoms. The van der Waals surface area contributed by atoms with Crippen molar-refractivity contribution < 1.29 is 4.79 Å². The van der Waals surface area contributed by atoms with E-state index in [1.165, 1.54) is 0 Å². The molecule has 0 aliphatic carbocycles. The Hall–Kier alpha value is -1.34. The lowest BCUT2D eigenvalue weighted by Crippen LogP contribution is -2.35. The SMILES string of the molecule is CN1C(=O)[C@@](C)(CCC#N)c2cc(Br)ccc21. The molecule has 0 spiro atoms. The van der Waals surface area contributed by atoms with Crippen LogP contribution in [0.5, 0.6) is 0 Å². The van der Waals surface area contributed by atoms with E-state index in [-0.39, 0.29) is 5.91 Å². The predicted molar refractivity (Wildman–Crippen MR) is 69.8 cm³/mol. The van der Waals surface area contributed by atoms with Crippen molar-refractivity contribution in [3.8, 4) is 6.07 Å². The smallest absolute Gasteiger partial charge is 0.237 e. The van der Waals surface area contributed by atoms with E-state index in [1.807, 2.05) is 25.1 Å². The van der Waals surface area contributed by atoms with Gasteiger partial charge in [-0.3, -0.25) is 4.79 Å². The van der Waals surface area contributed by atoms with Gasteiger partial charge in [-0.2, -0.15) is 5.26 Å². The summed E-state index contributed by atoms with van der Waals surface area (Å²) in [5.74, 6) is 0.0702. The molecule has 0 saturated heterocycles. The van der Waals surface area contributed by atoms with Crippen molar-refractivity contribution in [3.63, 3.8) is 0 Å². The summed E-state index contributed by atoms with van der Waals surface area (Å²) < 4.78 is 0.961. The third kappa shape index (κ3) is 1.75. The van der Waals surface area contributed by atoms with Crippen LogP contribution in [0.25, 0.3) is 0 Å². The van der Waals surface area contributed by atoms with Gasteiger partial charge in [-0.1, -0.05) is 15.9 Å². The minimum atomic E-state index is -0.566. The Morgan fingerprint density at radius 2 is 2.24 bits per heavy atom. The van der Waals surface area contributed by atoms with Crippen LogP contribution in [-0.2, 0) is 10.2 Å². The molecule has 2 rings (SSSR count). The van der Waals surface area contributed by atoms with Gasteiger partial charge in [0.15, 0.2) is 0 Å². The topological polar surface area (TPSA) is 44.1 Å². The Balaban J connectivity index is 2.53. The molecule has 0 bridgehead atoms. The van der Waals surface area contributed by atoms with Gasteiger partial charge in [-0.25, -0.2) is 0 Å². The van der Waals surface area contributed by atoms with E-state index < -0.39 is 5.41 Å². The second kappa shape index (κ2) is 4.15. The lowest BCUT2D eigenvalue weighted by molar-refractivity contribution is -0.122. The summed E-state index contributed by atoms with van der Waals surface area (Å²) in [7, 11) is 1.78. The van der Waals surface area contributed by atoms with Crippen LogP contribution < -0.4 is 4.90 Å². The summed E-state index contributed by atoms with van der Waals surface area (Å²) in [6, 6.07) is 7.97. The largest absolute Gasteiger partial charge is 0.314 e. The number of fused-ring (bicyclic) bond motifs is 1. The number of rotatable bonds is 2. The monoisotopic (exact) mass is 292 g/mol. The zero-order valence-corrected chi connectivity index (χ0v) is 11.4. The van der Waals surface area contributed by atoms with Crippen molar-refractivity contribution in [3.05, 3.63) is 28.2 Å². The van der Waals surface area contributed by atoms with Crippen LogP contribution in [0.1, 0.15) is 25.3 Å². The molecule has 0 radical (unpaired) electrons. The molecule has 1 aliphatic heterocycles. The molecular formula is C13H13BrN2O. The number of nitriles is 1. The van der Waals surface area contributed by atoms with Crippen LogP contribution in [0, 0.1) is 11.3 Å². The van der Waals surface area contributed by atoms with Gasteiger partial charge in [-0.05, 0) is 37.1 Å². The van der Waals surface area contributed by atoms with Gasteiger partial charge in [0, 0.05) is 23.6 Å². The molecule has 88 valence electrons. The fourth-order valence-electron chi connectivity index (χ4n) is 2.38. The molecule has 1 atom stereocenters. The summed E-state index contributed by atoms with van der Waals surface area (Å²) >= 11 is 3.43. The maximum Gasteiger partial charge on any atom is 0.237 e. The highest BCUT2D eigenvalue weighted by atomic mass is 79.9. The normalized spacial score (nSPS) is 22.5. The third-order valence-electron chi connectivity index (χ3n) is 3.43. The van der Waals surface area contributed by atoms with Crippen molar-refractivity contribution in [1.82, 2.24) is 0 Å². The molecule has 0 aromatic heterocycles.